The molecule has 0 atom stereocenters. The van der Waals surface area contributed by atoms with Crippen LogP contribution in [-0.4, -0.2) is 47.1 Å². The monoisotopic (exact) mass is 418 g/mol. The molecule has 0 unspecified atom stereocenters. The molecule has 0 bridgehead atoms. The van der Waals surface area contributed by atoms with Crippen LogP contribution in [0.3, 0.4) is 0 Å². The normalized spacial score (nSPS) is 14.6. The zero-order valence-electron chi connectivity index (χ0n) is 16.7. The number of rotatable bonds is 5. The Morgan fingerprint density at radius 1 is 1.13 bits per heavy atom. The molecule has 1 aliphatic rings. The molecule has 0 radical (unpaired) electrons. The summed E-state index contributed by atoms with van der Waals surface area (Å²) in [6.45, 7) is 5.12. The summed E-state index contributed by atoms with van der Waals surface area (Å²) in [6, 6.07) is 16.3. The maximum Gasteiger partial charge on any atom is 0.160 e. The molecule has 7 nitrogen and oxygen atoms in total. The van der Waals surface area contributed by atoms with Crippen LogP contribution in [0.15, 0.2) is 59.0 Å². The van der Waals surface area contributed by atoms with Gasteiger partial charge in [0, 0.05) is 25.2 Å². The summed E-state index contributed by atoms with van der Waals surface area (Å²) in [6.07, 6.45) is 1.81. The Labute approximate surface area is 178 Å². The van der Waals surface area contributed by atoms with Crippen molar-refractivity contribution in [2.45, 2.75) is 6.92 Å². The molecule has 30 heavy (non-hydrogen) atoms. The summed E-state index contributed by atoms with van der Waals surface area (Å²) in [4.78, 5) is 8.13. The van der Waals surface area contributed by atoms with Crippen LogP contribution in [0.5, 0.6) is 0 Å². The zero-order chi connectivity index (χ0) is 20.3. The van der Waals surface area contributed by atoms with Gasteiger partial charge in [-0.25, -0.2) is 4.98 Å². The largest absolute Gasteiger partial charge is 0.378 e. The Bertz CT molecular complexity index is 1180. The van der Waals surface area contributed by atoms with Gasteiger partial charge in [-0.3, -0.25) is 5.43 Å². The van der Waals surface area contributed by atoms with Crippen LogP contribution >= 0.6 is 11.3 Å². The molecule has 0 saturated carbocycles. The first-order valence-electron chi connectivity index (χ1n) is 9.89. The number of aromatic nitrogens is 3. The van der Waals surface area contributed by atoms with Crippen molar-refractivity contribution in [3.8, 4) is 10.6 Å². The Balaban J connectivity index is 1.50. The highest BCUT2D eigenvalue weighted by Gasteiger charge is 2.18. The second-order valence-electron chi connectivity index (χ2n) is 7.16. The third kappa shape index (κ3) is 3.92. The fourth-order valence-corrected chi connectivity index (χ4v) is 4.18. The van der Waals surface area contributed by atoms with Crippen molar-refractivity contribution < 1.29 is 4.74 Å². The minimum Gasteiger partial charge on any atom is -0.378 e. The number of ether oxygens (including phenoxy) is 1. The van der Waals surface area contributed by atoms with E-state index in [4.69, 9.17) is 14.8 Å². The van der Waals surface area contributed by atoms with E-state index in [-0.39, 0.29) is 0 Å². The van der Waals surface area contributed by atoms with Crippen LogP contribution < -0.4 is 10.3 Å². The van der Waals surface area contributed by atoms with Crippen molar-refractivity contribution >= 4 is 34.8 Å². The Hall–Kier alpha value is -3.23. The van der Waals surface area contributed by atoms with E-state index in [9.17, 15) is 0 Å². The summed E-state index contributed by atoms with van der Waals surface area (Å²) in [5.41, 5.74) is 7.05. The molecule has 1 fully saturated rings. The third-order valence-corrected chi connectivity index (χ3v) is 5.84. The lowest BCUT2D eigenvalue weighted by Gasteiger charge is -2.29. The molecule has 0 spiro atoms. The van der Waals surface area contributed by atoms with Crippen LogP contribution in [-0.2, 0) is 4.74 Å². The molecule has 3 aromatic heterocycles. The molecule has 152 valence electrons. The molecular formula is C22H22N6OS. The fourth-order valence-electron chi connectivity index (χ4n) is 3.50. The van der Waals surface area contributed by atoms with Gasteiger partial charge in [0.1, 0.15) is 11.5 Å². The predicted octanol–water partition coefficient (Wildman–Crippen LogP) is 4.05. The van der Waals surface area contributed by atoms with Gasteiger partial charge in [0.05, 0.1) is 24.3 Å². The van der Waals surface area contributed by atoms with Gasteiger partial charge in [-0.15, -0.1) is 11.3 Å². The summed E-state index contributed by atoms with van der Waals surface area (Å²) >= 11 is 1.67. The lowest BCUT2D eigenvalue weighted by atomic mass is 10.2. The van der Waals surface area contributed by atoms with Crippen molar-refractivity contribution in [3.05, 3.63) is 65.0 Å². The molecule has 1 aromatic carbocycles. The smallest absolute Gasteiger partial charge is 0.160 e. The number of aryl methyl sites for hydroxylation is 1. The Morgan fingerprint density at radius 3 is 2.83 bits per heavy atom. The molecular weight excluding hydrogens is 396 g/mol. The first-order valence-corrected chi connectivity index (χ1v) is 10.8. The Morgan fingerprint density at radius 2 is 2.03 bits per heavy atom. The van der Waals surface area contributed by atoms with Crippen LogP contribution in [0, 0.1) is 6.92 Å². The fraction of sp³-hybridized carbons (Fsp3) is 0.227. The number of hydrazone groups is 1. The number of anilines is 2. The summed E-state index contributed by atoms with van der Waals surface area (Å²) in [7, 11) is 0. The van der Waals surface area contributed by atoms with Crippen LogP contribution in [0.1, 0.15) is 11.1 Å². The van der Waals surface area contributed by atoms with E-state index >= 15 is 0 Å². The number of hydrogen-bond donors (Lipinski definition) is 1. The molecule has 0 amide bonds. The highest BCUT2D eigenvalue weighted by Crippen LogP contribution is 2.28. The molecule has 5 rings (SSSR count). The number of hydrogen-bond acceptors (Lipinski definition) is 7. The van der Waals surface area contributed by atoms with Crippen molar-refractivity contribution in [3.63, 3.8) is 0 Å². The minimum absolute atomic E-state index is 0.686. The van der Waals surface area contributed by atoms with Gasteiger partial charge in [-0.05, 0) is 23.9 Å². The SMILES string of the molecule is Cc1cccc(C=NNc2cc(N3CCOCC3)n3nc(-c4cccs4)cc3n2)c1. The lowest BCUT2D eigenvalue weighted by Crippen LogP contribution is -2.37. The molecule has 4 heterocycles. The molecule has 1 N–H and O–H groups in total. The van der Waals surface area contributed by atoms with E-state index in [1.54, 1.807) is 17.6 Å². The van der Waals surface area contributed by atoms with E-state index < -0.39 is 0 Å². The summed E-state index contributed by atoms with van der Waals surface area (Å²) in [5.74, 6) is 1.67. The molecule has 4 aromatic rings. The standard InChI is InChI=1S/C22H22N6OS/c1-16-4-2-5-17(12-16)15-23-25-20-14-22(27-7-9-29-10-8-27)28-21(24-20)13-18(26-28)19-6-3-11-30-19/h2-6,11-15H,7-10H2,1H3,(H,24,25). The van der Waals surface area contributed by atoms with Crippen LogP contribution in [0.2, 0.25) is 0 Å². The number of nitrogens with zero attached hydrogens (tertiary/aromatic N) is 5. The van der Waals surface area contributed by atoms with Gasteiger partial charge in [0.15, 0.2) is 11.5 Å². The maximum absolute atomic E-state index is 5.53. The van der Waals surface area contributed by atoms with Crippen molar-refractivity contribution in [2.75, 3.05) is 36.6 Å². The second kappa shape index (κ2) is 8.25. The van der Waals surface area contributed by atoms with Gasteiger partial charge >= 0.3 is 0 Å². The van der Waals surface area contributed by atoms with Crippen molar-refractivity contribution in [1.29, 1.82) is 0 Å². The molecule has 1 saturated heterocycles. The highest BCUT2D eigenvalue weighted by atomic mass is 32.1. The van der Waals surface area contributed by atoms with Gasteiger partial charge in [0.2, 0.25) is 0 Å². The summed E-state index contributed by atoms with van der Waals surface area (Å²) < 4.78 is 7.44. The lowest BCUT2D eigenvalue weighted by molar-refractivity contribution is 0.122. The Kier molecular flexibility index (Phi) is 5.17. The zero-order valence-corrected chi connectivity index (χ0v) is 17.5. The van der Waals surface area contributed by atoms with E-state index in [2.05, 4.69) is 45.9 Å². The van der Waals surface area contributed by atoms with E-state index in [1.807, 2.05) is 34.8 Å². The topological polar surface area (TPSA) is 67.0 Å². The minimum atomic E-state index is 0.686. The first kappa shape index (κ1) is 18.8. The second-order valence-corrected chi connectivity index (χ2v) is 8.11. The number of nitrogens with one attached hydrogen (secondary N) is 1. The van der Waals surface area contributed by atoms with Crippen molar-refractivity contribution in [2.24, 2.45) is 5.10 Å². The average molecular weight is 419 g/mol. The first-order chi connectivity index (χ1) is 14.8. The quantitative estimate of drug-likeness (QED) is 0.391. The predicted molar refractivity (Wildman–Crippen MR) is 122 cm³/mol. The number of benzene rings is 1. The average Bonchev–Trinajstić information content (AvgIpc) is 3.44. The van der Waals surface area contributed by atoms with Gasteiger partial charge in [-0.2, -0.15) is 14.7 Å². The van der Waals surface area contributed by atoms with Crippen LogP contribution in [0.25, 0.3) is 16.2 Å². The third-order valence-electron chi connectivity index (χ3n) is 4.95. The van der Waals surface area contributed by atoms with Gasteiger partial charge in [0.25, 0.3) is 0 Å². The van der Waals surface area contributed by atoms with E-state index in [0.717, 1.165) is 40.7 Å². The van der Waals surface area contributed by atoms with Crippen LogP contribution in [0.4, 0.5) is 11.6 Å². The maximum atomic E-state index is 5.53. The van der Waals surface area contributed by atoms with Crippen molar-refractivity contribution in [1.82, 2.24) is 14.6 Å². The molecule has 1 aliphatic heterocycles. The van der Waals surface area contributed by atoms with E-state index in [1.165, 1.54) is 5.56 Å². The van der Waals surface area contributed by atoms with Gasteiger partial charge < -0.3 is 9.64 Å². The summed E-state index contributed by atoms with van der Waals surface area (Å²) in [5, 5.41) is 11.3. The number of fused-ring (bicyclic) bond motifs is 1. The number of morpholine rings is 1. The van der Waals surface area contributed by atoms with Gasteiger partial charge in [-0.1, -0.05) is 35.9 Å². The number of thiophene rings is 1. The van der Waals surface area contributed by atoms with E-state index in [0.29, 0.717) is 19.0 Å². The highest BCUT2D eigenvalue weighted by molar-refractivity contribution is 7.13. The molecule has 0 aliphatic carbocycles. The molecule has 8 heteroatoms.